The molecule has 11 heteroatoms. The lowest BCUT2D eigenvalue weighted by molar-refractivity contribution is -0.384. The third-order valence-corrected chi connectivity index (χ3v) is 2.76. The minimum Gasteiger partial charge on any atom is -0.460 e. The van der Waals surface area contributed by atoms with Crippen molar-refractivity contribution in [3.05, 3.63) is 34.5 Å². The number of nitrogens with one attached hydrogen (secondary N) is 1. The molecule has 0 amide bonds. The molecular weight excluding hydrogens is 294 g/mol. The van der Waals surface area contributed by atoms with Crippen LogP contribution in [0, 0.1) is 10.1 Å². The number of carbonyl (C=O) groups is 1. The van der Waals surface area contributed by atoms with Gasteiger partial charge in [-0.05, 0) is 6.92 Å². The van der Waals surface area contributed by atoms with Crippen LogP contribution in [0.25, 0.3) is 17.0 Å². The molecule has 0 saturated heterocycles. The zero-order valence-corrected chi connectivity index (χ0v) is 11.3. The number of aromatic nitrogens is 6. The summed E-state index contributed by atoms with van der Waals surface area (Å²) in [6, 6.07) is 0. The molecule has 0 radical (unpaired) electrons. The fraction of sp³-hybridized carbons (Fsp3) is 0.182. The molecule has 0 aliphatic rings. The second-order valence-electron chi connectivity index (χ2n) is 4.13. The lowest BCUT2D eigenvalue weighted by Gasteiger charge is -1.97. The van der Waals surface area contributed by atoms with E-state index in [0.29, 0.717) is 5.56 Å². The number of esters is 1. The van der Waals surface area contributed by atoms with E-state index < -0.39 is 10.9 Å². The van der Waals surface area contributed by atoms with Crippen LogP contribution in [0.2, 0.25) is 0 Å². The highest BCUT2D eigenvalue weighted by molar-refractivity contribution is 5.85. The van der Waals surface area contributed by atoms with E-state index in [1.165, 1.54) is 16.9 Å². The lowest BCUT2D eigenvalue weighted by Crippen LogP contribution is -2.06. The minimum absolute atomic E-state index is 0.134. The van der Waals surface area contributed by atoms with Gasteiger partial charge < -0.3 is 4.74 Å². The highest BCUT2D eigenvalue weighted by Crippen LogP contribution is 2.26. The summed E-state index contributed by atoms with van der Waals surface area (Å²) in [6.07, 6.45) is 3.93. The Kier molecular flexibility index (Phi) is 3.21. The van der Waals surface area contributed by atoms with Crippen LogP contribution in [0.1, 0.15) is 17.5 Å². The number of nitrogens with zero attached hydrogens (tertiary/aromatic N) is 6. The normalized spacial score (nSPS) is 10.8. The van der Waals surface area contributed by atoms with Gasteiger partial charge in [0.2, 0.25) is 0 Å². The summed E-state index contributed by atoms with van der Waals surface area (Å²) in [5.41, 5.74) is 0.386. The van der Waals surface area contributed by atoms with Crippen molar-refractivity contribution in [3.63, 3.8) is 0 Å². The first-order valence-electron chi connectivity index (χ1n) is 6.18. The number of nitro groups is 1. The minimum atomic E-state index is -0.665. The highest BCUT2D eigenvalue weighted by atomic mass is 16.6. The van der Waals surface area contributed by atoms with E-state index in [4.69, 9.17) is 4.74 Å². The van der Waals surface area contributed by atoms with Crippen LogP contribution < -0.4 is 0 Å². The largest absolute Gasteiger partial charge is 0.460 e. The highest BCUT2D eigenvalue weighted by Gasteiger charge is 2.20. The van der Waals surface area contributed by atoms with E-state index in [2.05, 4.69) is 25.3 Å². The summed E-state index contributed by atoms with van der Waals surface area (Å²) in [6.45, 7) is 1.87. The van der Waals surface area contributed by atoms with Gasteiger partial charge in [0.25, 0.3) is 11.6 Å². The van der Waals surface area contributed by atoms with E-state index in [1.54, 1.807) is 6.92 Å². The maximum absolute atomic E-state index is 11.6. The molecule has 3 rings (SSSR count). The number of H-pyrrole nitrogens is 1. The van der Waals surface area contributed by atoms with Crippen LogP contribution in [0.15, 0.2) is 18.6 Å². The summed E-state index contributed by atoms with van der Waals surface area (Å²) in [7, 11) is 0. The molecule has 0 aliphatic carbocycles. The van der Waals surface area contributed by atoms with Gasteiger partial charge >= 0.3 is 11.7 Å². The third-order valence-electron chi connectivity index (χ3n) is 2.76. The Labute approximate surface area is 122 Å². The summed E-state index contributed by atoms with van der Waals surface area (Å²) < 4.78 is 6.04. The molecule has 22 heavy (non-hydrogen) atoms. The molecule has 1 N–H and O–H groups in total. The molecule has 3 aromatic heterocycles. The van der Waals surface area contributed by atoms with Gasteiger partial charge in [-0.15, -0.1) is 5.10 Å². The molecule has 112 valence electrons. The van der Waals surface area contributed by atoms with Crippen molar-refractivity contribution in [1.29, 1.82) is 0 Å². The first-order chi connectivity index (χ1) is 10.6. The maximum atomic E-state index is 11.6. The Morgan fingerprint density at radius 1 is 1.50 bits per heavy atom. The smallest absolute Gasteiger partial charge is 0.378 e. The molecule has 0 spiro atoms. The monoisotopic (exact) mass is 303 g/mol. The van der Waals surface area contributed by atoms with Crippen LogP contribution in [-0.4, -0.2) is 47.3 Å². The molecule has 11 nitrogen and oxygen atoms in total. The summed E-state index contributed by atoms with van der Waals surface area (Å²) in [5.74, 6) is -0.623. The van der Waals surface area contributed by atoms with E-state index in [1.807, 2.05) is 0 Å². The predicted molar refractivity (Wildman–Crippen MR) is 71.0 cm³/mol. The van der Waals surface area contributed by atoms with E-state index in [-0.39, 0.29) is 29.6 Å². The topological polar surface area (TPSA) is 141 Å². The van der Waals surface area contributed by atoms with Gasteiger partial charge in [-0.1, -0.05) is 0 Å². The van der Waals surface area contributed by atoms with Crippen molar-refractivity contribution in [2.45, 2.75) is 6.92 Å². The molecule has 0 unspecified atom stereocenters. The fourth-order valence-corrected chi connectivity index (χ4v) is 1.82. The summed E-state index contributed by atoms with van der Waals surface area (Å²) in [4.78, 5) is 29.9. The van der Waals surface area contributed by atoms with Crippen LogP contribution >= 0.6 is 0 Å². The standard InChI is InChI=1S/C11H9N7O4/c1-2-22-10(19)9-14-11-12-3-6(5-17(11)16-9)8-7(18(20)21)4-13-15-8/h3-5H,2H2,1H3,(H,13,15). The van der Waals surface area contributed by atoms with Crippen molar-refractivity contribution in [3.8, 4) is 11.3 Å². The van der Waals surface area contributed by atoms with Crippen LogP contribution in [0.4, 0.5) is 5.69 Å². The van der Waals surface area contributed by atoms with Gasteiger partial charge in [0.15, 0.2) is 0 Å². The lowest BCUT2D eigenvalue weighted by atomic mass is 10.2. The Morgan fingerprint density at radius 3 is 3.05 bits per heavy atom. The Morgan fingerprint density at radius 2 is 2.32 bits per heavy atom. The average Bonchev–Trinajstić information content (AvgIpc) is 3.13. The van der Waals surface area contributed by atoms with Gasteiger partial charge in [0.05, 0.1) is 11.5 Å². The second-order valence-corrected chi connectivity index (χ2v) is 4.13. The Balaban J connectivity index is 2.04. The van der Waals surface area contributed by atoms with Gasteiger partial charge in [-0.25, -0.2) is 14.3 Å². The van der Waals surface area contributed by atoms with Gasteiger partial charge in [-0.3, -0.25) is 15.2 Å². The molecule has 0 saturated carbocycles. The summed E-state index contributed by atoms with van der Waals surface area (Å²) in [5, 5.41) is 21.0. The van der Waals surface area contributed by atoms with Crippen molar-refractivity contribution in [2.24, 2.45) is 0 Å². The number of ether oxygens (including phenoxy) is 1. The third kappa shape index (κ3) is 2.24. The van der Waals surface area contributed by atoms with Crippen molar-refractivity contribution in [1.82, 2.24) is 29.8 Å². The van der Waals surface area contributed by atoms with E-state index >= 15 is 0 Å². The molecule has 3 aromatic rings. The zero-order chi connectivity index (χ0) is 15.7. The summed E-state index contributed by atoms with van der Waals surface area (Å²) >= 11 is 0. The first kappa shape index (κ1) is 13.6. The molecule has 0 bridgehead atoms. The van der Waals surface area contributed by atoms with Crippen molar-refractivity contribution in [2.75, 3.05) is 6.61 Å². The zero-order valence-electron chi connectivity index (χ0n) is 11.3. The van der Waals surface area contributed by atoms with Gasteiger partial charge in [-0.2, -0.15) is 10.1 Å². The van der Waals surface area contributed by atoms with Crippen molar-refractivity contribution >= 4 is 17.4 Å². The van der Waals surface area contributed by atoms with E-state index in [0.717, 1.165) is 6.20 Å². The van der Waals surface area contributed by atoms with Crippen LogP contribution in [0.3, 0.4) is 0 Å². The first-order valence-corrected chi connectivity index (χ1v) is 6.18. The maximum Gasteiger partial charge on any atom is 0.378 e. The predicted octanol–water partition coefficient (Wildman–Crippen LogP) is 0.599. The fourth-order valence-electron chi connectivity index (χ4n) is 1.82. The molecule has 0 aliphatic heterocycles. The number of hydrogen-bond donors (Lipinski definition) is 1. The molecular formula is C11H9N7O4. The molecule has 0 aromatic carbocycles. The van der Waals surface area contributed by atoms with E-state index in [9.17, 15) is 14.9 Å². The number of hydrogen-bond acceptors (Lipinski definition) is 8. The Bertz CT molecular complexity index is 868. The molecule has 3 heterocycles. The average molecular weight is 303 g/mol. The number of carbonyl (C=O) groups excluding carboxylic acids is 1. The number of rotatable bonds is 4. The Hall–Kier alpha value is -3.37. The van der Waals surface area contributed by atoms with Crippen LogP contribution in [-0.2, 0) is 4.74 Å². The SMILES string of the molecule is CCOC(=O)c1nc2ncc(-c3[nH]ncc3[N+](=O)[O-])cn2n1. The molecule has 0 fully saturated rings. The molecule has 0 atom stereocenters. The van der Waals surface area contributed by atoms with Crippen LogP contribution in [0.5, 0.6) is 0 Å². The number of aromatic amines is 1. The van der Waals surface area contributed by atoms with Crippen molar-refractivity contribution < 1.29 is 14.5 Å². The number of fused-ring (bicyclic) bond motifs is 1. The van der Waals surface area contributed by atoms with Gasteiger partial charge in [0.1, 0.15) is 11.9 Å². The second kappa shape index (κ2) is 5.20. The van der Waals surface area contributed by atoms with Gasteiger partial charge in [0, 0.05) is 18.0 Å². The quantitative estimate of drug-likeness (QED) is 0.419.